The van der Waals surface area contributed by atoms with Crippen LogP contribution >= 0.6 is 27.5 Å². The second-order valence-electron chi connectivity index (χ2n) is 3.88. The first-order valence-electron chi connectivity index (χ1n) is 5.73. The lowest BCUT2D eigenvalue weighted by Crippen LogP contribution is -2.21. The Morgan fingerprint density at radius 3 is 3.00 bits per heavy atom. The summed E-state index contributed by atoms with van der Waals surface area (Å²) in [5.74, 6) is -0.0174. The Kier molecular flexibility index (Phi) is 4.55. The number of nitrogens with one attached hydrogen (secondary N) is 1. The molecule has 2 rings (SSSR count). The van der Waals surface area contributed by atoms with Gasteiger partial charge in [0.15, 0.2) is 0 Å². The lowest BCUT2D eigenvalue weighted by molar-refractivity contribution is -0.120. The van der Waals surface area contributed by atoms with Crippen molar-refractivity contribution in [1.82, 2.24) is 20.3 Å². The third-order valence-corrected chi connectivity index (χ3v) is 3.28. The first kappa shape index (κ1) is 14.0. The lowest BCUT2D eigenvalue weighted by Gasteiger charge is -2.03. The topological polar surface area (TPSA) is 59.8 Å². The summed E-state index contributed by atoms with van der Waals surface area (Å²) in [7, 11) is 0. The fourth-order valence-corrected chi connectivity index (χ4v) is 2.24. The highest BCUT2D eigenvalue weighted by Crippen LogP contribution is 2.23. The summed E-state index contributed by atoms with van der Waals surface area (Å²) >= 11 is 9.48. The average Bonchev–Trinajstić information content (AvgIpc) is 2.84. The first-order valence-corrected chi connectivity index (χ1v) is 6.90. The van der Waals surface area contributed by atoms with E-state index in [1.807, 2.05) is 12.1 Å². The van der Waals surface area contributed by atoms with E-state index in [9.17, 15) is 4.79 Å². The number of amides is 1. The van der Waals surface area contributed by atoms with Gasteiger partial charge in [-0.2, -0.15) is 0 Å². The van der Waals surface area contributed by atoms with Gasteiger partial charge in [0, 0.05) is 10.9 Å². The van der Waals surface area contributed by atoms with E-state index in [0.29, 0.717) is 23.7 Å². The highest BCUT2D eigenvalue weighted by atomic mass is 79.9. The summed E-state index contributed by atoms with van der Waals surface area (Å²) in [6.07, 6.45) is 2.19. The maximum absolute atomic E-state index is 11.2. The van der Waals surface area contributed by atoms with E-state index in [4.69, 9.17) is 11.6 Å². The third kappa shape index (κ3) is 3.54. The zero-order chi connectivity index (χ0) is 13.8. The molecule has 2 aromatic rings. The maximum atomic E-state index is 11.2. The van der Waals surface area contributed by atoms with Crippen LogP contribution in [0.5, 0.6) is 0 Å². The molecule has 0 atom stereocenters. The minimum atomic E-state index is -0.0174. The molecule has 0 bridgehead atoms. The van der Waals surface area contributed by atoms with Crippen molar-refractivity contribution in [2.75, 3.05) is 0 Å². The summed E-state index contributed by atoms with van der Waals surface area (Å²) in [4.78, 5) is 11.2. The summed E-state index contributed by atoms with van der Waals surface area (Å²) in [6.45, 7) is 2.16. The number of nitrogens with zero attached hydrogens (tertiary/aromatic N) is 3. The molecule has 0 saturated heterocycles. The Morgan fingerprint density at radius 2 is 2.32 bits per heavy atom. The van der Waals surface area contributed by atoms with Crippen molar-refractivity contribution < 1.29 is 4.79 Å². The number of carbonyl (C=O) groups excluding carboxylic acids is 1. The van der Waals surface area contributed by atoms with Crippen LogP contribution in [0, 0.1) is 0 Å². The van der Waals surface area contributed by atoms with Crippen molar-refractivity contribution in [2.45, 2.75) is 19.9 Å². The fourth-order valence-electron chi connectivity index (χ4n) is 1.48. The summed E-state index contributed by atoms with van der Waals surface area (Å²) in [5.41, 5.74) is 1.42. The quantitative estimate of drug-likeness (QED) is 0.928. The summed E-state index contributed by atoms with van der Waals surface area (Å²) in [6, 6.07) is 5.51. The summed E-state index contributed by atoms with van der Waals surface area (Å²) in [5, 5.41) is 11.3. The minimum Gasteiger partial charge on any atom is -0.350 e. The molecule has 1 aromatic carbocycles. The van der Waals surface area contributed by atoms with Crippen molar-refractivity contribution in [3.8, 4) is 5.69 Å². The van der Waals surface area contributed by atoms with E-state index in [0.717, 1.165) is 10.2 Å². The molecule has 7 heteroatoms. The lowest BCUT2D eigenvalue weighted by atomic mass is 10.3. The third-order valence-electron chi connectivity index (χ3n) is 2.49. The molecule has 0 saturated carbocycles. The molecular weight excluding hydrogens is 332 g/mol. The van der Waals surface area contributed by atoms with Crippen LogP contribution in [-0.4, -0.2) is 20.9 Å². The first-order chi connectivity index (χ1) is 9.10. The van der Waals surface area contributed by atoms with Crippen LogP contribution < -0.4 is 5.32 Å². The predicted octanol–water partition coefficient (Wildman–Crippen LogP) is 2.71. The van der Waals surface area contributed by atoms with Gasteiger partial charge < -0.3 is 5.32 Å². The molecule has 5 nitrogen and oxygen atoms in total. The molecule has 0 aliphatic heterocycles. The van der Waals surface area contributed by atoms with Crippen LogP contribution in [0.2, 0.25) is 5.02 Å². The number of hydrogen-bond donors (Lipinski definition) is 1. The van der Waals surface area contributed by atoms with Crippen LogP contribution in [0.3, 0.4) is 0 Å². The largest absolute Gasteiger partial charge is 0.350 e. The van der Waals surface area contributed by atoms with E-state index in [1.165, 1.54) is 0 Å². The number of aromatic nitrogens is 3. The van der Waals surface area contributed by atoms with E-state index >= 15 is 0 Å². The van der Waals surface area contributed by atoms with Gasteiger partial charge in [-0.3, -0.25) is 4.79 Å². The number of rotatable bonds is 4. The smallest absolute Gasteiger partial charge is 0.220 e. The molecule has 1 heterocycles. The molecule has 1 amide bonds. The van der Waals surface area contributed by atoms with Crippen molar-refractivity contribution >= 4 is 33.4 Å². The minimum absolute atomic E-state index is 0.0174. The average molecular weight is 344 g/mol. The predicted molar refractivity (Wildman–Crippen MR) is 76.2 cm³/mol. The molecular formula is C12H12BrClN4O. The molecule has 0 aliphatic rings. The Balaban J connectivity index is 2.14. The molecule has 19 heavy (non-hydrogen) atoms. The van der Waals surface area contributed by atoms with E-state index in [-0.39, 0.29) is 5.91 Å². The van der Waals surface area contributed by atoms with E-state index in [1.54, 1.807) is 23.9 Å². The SMILES string of the molecule is CCC(=O)NCc1cn(-c2ccc(Br)cc2Cl)nn1. The number of halogens is 2. The normalized spacial score (nSPS) is 10.5. The molecule has 1 N–H and O–H groups in total. The van der Waals surface area contributed by atoms with Gasteiger partial charge in [-0.1, -0.05) is 39.7 Å². The van der Waals surface area contributed by atoms with Crippen molar-refractivity contribution in [3.63, 3.8) is 0 Å². The molecule has 0 spiro atoms. The van der Waals surface area contributed by atoms with Crippen LogP contribution in [0.1, 0.15) is 19.0 Å². The Labute approximate surface area is 124 Å². The number of carbonyl (C=O) groups is 1. The van der Waals surface area contributed by atoms with Crippen LogP contribution in [0.4, 0.5) is 0 Å². The van der Waals surface area contributed by atoms with Gasteiger partial charge in [0.05, 0.1) is 23.5 Å². The zero-order valence-electron chi connectivity index (χ0n) is 10.2. The number of hydrogen-bond acceptors (Lipinski definition) is 3. The molecule has 0 unspecified atom stereocenters. The Hall–Kier alpha value is -1.40. The highest BCUT2D eigenvalue weighted by Gasteiger charge is 2.07. The zero-order valence-corrected chi connectivity index (χ0v) is 12.6. The molecule has 0 aliphatic carbocycles. The molecule has 0 radical (unpaired) electrons. The highest BCUT2D eigenvalue weighted by molar-refractivity contribution is 9.10. The Bertz CT molecular complexity index is 599. The Morgan fingerprint density at radius 1 is 1.53 bits per heavy atom. The van der Waals surface area contributed by atoms with E-state index in [2.05, 4.69) is 31.6 Å². The van der Waals surface area contributed by atoms with Gasteiger partial charge >= 0.3 is 0 Å². The van der Waals surface area contributed by atoms with Crippen LogP contribution in [0.15, 0.2) is 28.9 Å². The second kappa shape index (κ2) is 6.16. The fraction of sp³-hybridized carbons (Fsp3) is 0.250. The van der Waals surface area contributed by atoms with Gasteiger partial charge in [0.25, 0.3) is 0 Å². The van der Waals surface area contributed by atoms with Crippen LogP contribution in [-0.2, 0) is 11.3 Å². The summed E-state index contributed by atoms with van der Waals surface area (Å²) < 4.78 is 2.49. The maximum Gasteiger partial charge on any atom is 0.220 e. The van der Waals surface area contributed by atoms with Gasteiger partial charge in [0.2, 0.25) is 5.91 Å². The molecule has 0 fully saturated rings. The van der Waals surface area contributed by atoms with Gasteiger partial charge in [-0.15, -0.1) is 5.10 Å². The molecule has 100 valence electrons. The van der Waals surface area contributed by atoms with E-state index < -0.39 is 0 Å². The number of benzene rings is 1. The van der Waals surface area contributed by atoms with Gasteiger partial charge in [-0.25, -0.2) is 4.68 Å². The molecule has 1 aromatic heterocycles. The van der Waals surface area contributed by atoms with Crippen molar-refractivity contribution in [1.29, 1.82) is 0 Å². The van der Waals surface area contributed by atoms with Gasteiger partial charge in [0.1, 0.15) is 5.69 Å². The standard InChI is InChI=1S/C12H12BrClN4O/c1-2-12(19)15-6-9-7-18(17-16-9)11-4-3-8(13)5-10(11)14/h3-5,7H,2,6H2,1H3,(H,15,19). The van der Waals surface area contributed by atoms with Crippen molar-refractivity contribution in [2.24, 2.45) is 0 Å². The van der Waals surface area contributed by atoms with Crippen molar-refractivity contribution in [3.05, 3.63) is 39.6 Å². The monoisotopic (exact) mass is 342 g/mol. The van der Waals surface area contributed by atoms with Gasteiger partial charge in [-0.05, 0) is 18.2 Å². The second-order valence-corrected chi connectivity index (χ2v) is 5.20. The van der Waals surface area contributed by atoms with Crippen LogP contribution in [0.25, 0.3) is 5.69 Å².